The Morgan fingerprint density at radius 1 is 1.40 bits per heavy atom. The summed E-state index contributed by atoms with van der Waals surface area (Å²) in [6.45, 7) is 3.82. The first-order chi connectivity index (χ1) is 9.45. The van der Waals surface area contributed by atoms with Crippen LogP contribution in [-0.4, -0.2) is 23.0 Å². The van der Waals surface area contributed by atoms with Crippen molar-refractivity contribution in [2.75, 3.05) is 7.11 Å². The number of ether oxygens (including phenoxy) is 1. The molecule has 1 aromatic carbocycles. The summed E-state index contributed by atoms with van der Waals surface area (Å²) in [5.41, 5.74) is 3.10. The second kappa shape index (κ2) is 6.01. The van der Waals surface area contributed by atoms with Gasteiger partial charge in [0, 0.05) is 14.8 Å². The van der Waals surface area contributed by atoms with Crippen molar-refractivity contribution in [1.29, 1.82) is 0 Å². The number of carbonyl (C=O) groups excluding carboxylic acids is 1. The van der Waals surface area contributed by atoms with E-state index in [0.717, 1.165) is 9.13 Å². The number of H-pyrrole nitrogens is 1. The van der Waals surface area contributed by atoms with Gasteiger partial charge in [0.1, 0.15) is 16.0 Å². The Hall–Kier alpha value is -1.28. The smallest absolute Gasteiger partial charge is 0.342 e. The topological polar surface area (TPSA) is 55.0 Å². The fraction of sp³-hybridized carbons (Fsp3) is 0.214. The number of esters is 1. The van der Waals surface area contributed by atoms with Gasteiger partial charge in [-0.3, -0.25) is 0 Å². The molecule has 0 unspecified atom stereocenters. The van der Waals surface area contributed by atoms with Crippen LogP contribution in [0.3, 0.4) is 0 Å². The van der Waals surface area contributed by atoms with Crippen molar-refractivity contribution in [3.63, 3.8) is 0 Å². The number of carbonyl (C=O) groups is 1. The minimum atomic E-state index is -0.471. The van der Waals surface area contributed by atoms with Gasteiger partial charge in [0.05, 0.1) is 7.11 Å². The van der Waals surface area contributed by atoms with E-state index in [-0.39, 0.29) is 4.64 Å². The van der Waals surface area contributed by atoms with E-state index in [1.807, 2.05) is 25.1 Å². The highest BCUT2D eigenvalue weighted by molar-refractivity contribution is 14.1. The summed E-state index contributed by atoms with van der Waals surface area (Å²) in [7, 11) is 1.33. The van der Waals surface area contributed by atoms with Gasteiger partial charge in [0.25, 0.3) is 0 Å². The summed E-state index contributed by atoms with van der Waals surface area (Å²) in [6.07, 6.45) is 0. The number of halogens is 1. The first kappa shape index (κ1) is 15.1. The molecule has 0 atom stereocenters. The van der Waals surface area contributed by atoms with Crippen LogP contribution in [0.25, 0.3) is 11.4 Å². The Balaban J connectivity index is 2.64. The van der Waals surface area contributed by atoms with E-state index in [9.17, 15) is 4.79 Å². The Kier molecular flexibility index (Phi) is 4.54. The molecule has 2 aromatic rings. The van der Waals surface area contributed by atoms with Crippen molar-refractivity contribution < 1.29 is 9.53 Å². The zero-order valence-electron chi connectivity index (χ0n) is 11.3. The largest absolute Gasteiger partial charge is 0.465 e. The molecule has 1 aromatic heterocycles. The van der Waals surface area contributed by atoms with Crippen LogP contribution in [0, 0.1) is 22.1 Å². The van der Waals surface area contributed by atoms with Gasteiger partial charge in [0.2, 0.25) is 0 Å². The normalized spacial score (nSPS) is 10.4. The molecule has 0 spiro atoms. The maximum absolute atomic E-state index is 11.7. The molecule has 0 radical (unpaired) electrons. The Labute approximate surface area is 135 Å². The van der Waals surface area contributed by atoms with E-state index in [0.29, 0.717) is 17.1 Å². The van der Waals surface area contributed by atoms with E-state index >= 15 is 0 Å². The lowest BCUT2D eigenvalue weighted by Crippen LogP contribution is -2.09. The van der Waals surface area contributed by atoms with Crippen molar-refractivity contribution in [1.82, 2.24) is 9.97 Å². The van der Waals surface area contributed by atoms with Gasteiger partial charge >= 0.3 is 5.97 Å². The summed E-state index contributed by atoms with van der Waals surface area (Å²) < 4.78 is 6.07. The summed E-state index contributed by atoms with van der Waals surface area (Å²) in [5.74, 6) is 0.190. The SMILES string of the molecule is COC(=O)c1c(C)[nH]c(-c2cccc(C)c2I)nc1=S. The van der Waals surface area contributed by atoms with Crippen LogP contribution in [0.5, 0.6) is 0 Å². The minimum Gasteiger partial charge on any atom is -0.465 e. The third kappa shape index (κ3) is 2.76. The highest BCUT2D eigenvalue weighted by Gasteiger charge is 2.16. The number of aromatic amines is 1. The van der Waals surface area contributed by atoms with Crippen LogP contribution in [0.15, 0.2) is 18.2 Å². The van der Waals surface area contributed by atoms with Crippen LogP contribution in [-0.2, 0) is 4.74 Å². The lowest BCUT2D eigenvalue weighted by molar-refractivity contribution is 0.0598. The number of hydrogen-bond donors (Lipinski definition) is 1. The molecule has 0 amide bonds. The highest BCUT2D eigenvalue weighted by Crippen LogP contribution is 2.25. The standard InChI is InChI=1S/C14H13IN2O2S/c1-7-5-4-6-9(11(7)15)12-16-8(2)10(13(20)17-12)14(18)19-3/h4-6H,1-3H3,(H,16,17,20). The second-order valence-corrected chi connectivity index (χ2v) is 5.78. The fourth-order valence-electron chi connectivity index (χ4n) is 1.89. The van der Waals surface area contributed by atoms with Crippen molar-refractivity contribution in [3.8, 4) is 11.4 Å². The number of hydrogen-bond acceptors (Lipinski definition) is 4. The molecule has 1 N–H and O–H groups in total. The molecule has 0 bridgehead atoms. The summed E-state index contributed by atoms with van der Waals surface area (Å²) in [4.78, 5) is 19.1. The number of nitrogens with zero attached hydrogens (tertiary/aromatic N) is 1. The monoisotopic (exact) mass is 400 g/mol. The second-order valence-electron chi connectivity index (χ2n) is 4.32. The minimum absolute atomic E-state index is 0.250. The Morgan fingerprint density at radius 3 is 2.70 bits per heavy atom. The van der Waals surface area contributed by atoms with Crippen LogP contribution in [0.1, 0.15) is 21.6 Å². The number of methoxy groups -OCH3 is 1. The molecule has 0 aliphatic rings. The van der Waals surface area contributed by atoms with Crippen LogP contribution >= 0.6 is 34.8 Å². The van der Waals surface area contributed by atoms with Crippen molar-refractivity contribution in [3.05, 3.63) is 43.2 Å². The van der Waals surface area contributed by atoms with Crippen LogP contribution in [0.2, 0.25) is 0 Å². The van der Waals surface area contributed by atoms with Crippen molar-refractivity contribution >= 4 is 40.8 Å². The quantitative estimate of drug-likeness (QED) is 0.473. The van der Waals surface area contributed by atoms with Gasteiger partial charge in [-0.15, -0.1) is 0 Å². The van der Waals surface area contributed by atoms with Crippen molar-refractivity contribution in [2.24, 2.45) is 0 Å². The average Bonchev–Trinajstić information content (AvgIpc) is 2.40. The van der Waals surface area contributed by atoms with E-state index in [1.165, 1.54) is 12.7 Å². The zero-order valence-corrected chi connectivity index (χ0v) is 14.3. The molecular weight excluding hydrogens is 387 g/mol. The Morgan fingerprint density at radius 2 is 2.10 bits per heavy atom. The van der Waals surface area contributed by atoms with Gasteiger partial charge in [-0.1, -0.05) is 30.4 Å². The Bertz CT molecular complexity index is 740. The third-order valence-electron chi connectivity index (χ3n) is 2.94. The predicted octanol–water partition coefficient (Wildman–Crippen LogP) is 3.81. The molecular formula is C14H13IN2O2S. The summed E-state index contributed by atoms with van der Waals surface area (Å²) in [6, 6.07) is 5.98. The van der Waals surface area contributed by atoms with Gasteiger partial charge in [-0.2, -0.15) is 0 Å². The molecule has 2 rings (SSSR count). The number of rotatable bonds is 2. The number of aryl methyl sites for hydroxylation is 2. The zero-order chi connectivity index (χ0) is 14.9. The summed E-state index contributed by atoms with van der Waals surface area (Å²) >= 11 is 7.49. The number of benzene rings is 1. The van der Waals surface area contributed by atoms with E-state index in [2.05, 4.69) is 32.6 Å². The van der Waals surface area contributed by atoms with Crippen molar-refractivity contribution in [2.45, 2.75) is 13.8 Å². The van der Waals surface area contributed by atoms with E-state index < -0.39 is 5.97 Å². The summed E-state index contributed by atoms with van der Waals surface area (Å²) in [5, 5.41) is 0. The number of aromatic nitrogens is 2. The maximum atomic E-state index is 11.7. The van der Waals surface area contributed by atoms with Gasteiger partial charge in [0.15, 0.2) is 0 Å². The molecule has 1 heterocycles. The lowest BCUT2D eigenvalue weighted by atomic mass is 10.1. The maximum Gasteiger partial charge on any atom is 0.342 e. The molecule has 0 fully saturated rings. The van der Waals surface area contributed by atoms with E-state index in [1.54, 1.807) is 6.92 Å². The number of nitrogens with one attached hydrogen (secondary N) is 1. The van der Waals surface area contributed by atoms with E-state index in [4.69, 9.17) is 17.0 Å². The van der Waals surface area contributed by atoms with Crippen LogP contribution < -0.4 is 0 Å². The van der Waals surface area contributed by atoms with Crippen LogP contribution in [0.4, 0.5) is 0 Å². The molecule has 0 saturated heterocycles. The van der Waals surface area contributed by atoms with Gasteiger partial charge in [-0.25, -0.2) is 9.78 Å². The van der Waals surface area contributed by atoms with Gasteiger partial charge < -0.3 is 9.72 Å². The fourth-order valence-corrected chi connectivity index (χ4v) is 2.83. The highest BCUT2D eigenvalue weighted by atomic mass is 127. The molecule has 104 valence electrons. The first-order valence-electron chi connectivity index (χ1n) is 5.90. The van der Waals surface area contributed by atoms with Gasteiger partial charge in [-0.05, 0) is 42.0 Å². The molecule has 20 heavy (non-hydrogen) atoms. The lowest BCUT2D eigenvalue weighted by Gasteiger charge is -2.10. The molecule has 0 aliphatic heterocycles. The third-order valence-corrected chi connectivity index (χ3v) is 4.67. The molecule has 0 aliphatic carbocycles. The molecule has 4 nitrogen and oxygen atoms in total. The molecule has 0 saturated carbocycles. The predicted molar refractivity (Wildman–Crippen MR) is 88.4 cm³/mol. The first-order valence-corrected chi connectivity index (χ1v) is 7.39. The molecule has 6 heteroatoms. The average molecular weight is 400 g/mol.